The number of hydrazine groups is 1. The van der Waals surface area contributed by atoms with E-state index >= 15 is 0 Å². The fraction of sp³-hybridized carbons (Fsp3) is 0.455. The van der Waals surface area contributed by atoms with E-state index in [1.165, 1.54) is 6.07 Å². The largest absolute Gasteiger partial charge is 0.313 e. The topological polar surface area (TPSA) is 61.6 Å². The fourth-order valence-electron chi connectivity index (χ4n) is 1.87. The molecule has 0 amide bonds. The van der Waals surface area contributed by atoms with Gasteiger partial charge in [0.25, 0.3) is 5.69 Å². The number of nitro benzene ring substituents is 1. The molecule has 0 aliphatic carbocycles. The number of hydrogen-bond donors (Lipinski definition) is 1. The highest BCUT2D eigenvalue weighted by molar-refractivity contribution is 6.31. The van der Waals surface area contributed by atoms with Crippen molar-refractivity contribution in [2.45, 2.75) is 0 Å². The van der Waals surface area contributed by atoms with Gasteiger partial charge in [-0.25, -0.2) is 9.40 Å². The van der Waals surface area contributed by atoms with Crippen LogP contribution in [-0.2, 0) is 0 Å². The van der Waals surface area contributed by atoms with Crippen molar-refractivity contribution in [1.82, 2.24) is 9.91 Å². The molecule has 8 heteroatoms. The summed E-state index contributed by atoms with van der Waals surface area (Å²) in [6.45, 7) is 3.16. The van der Waals surface area contributed by atoms with Crippen molar-refractivity contribution in [3.63, 3.8) is 0 Å². The van der Waals surface area contributed by atoms with E-state index in [0.717, 1.165) is 32.2 Å². The van der Waals surface area contributed by atoms with Gasteiger partial charge in [-0.05, 0) is 13.1 Å². The number of nitrogens with one attached hydrogen (secondary N) is 1. The fourth-order valence-corrected chi connectivity index (χ4v) is 2.03. The molecular weight excluding hydrogens is 275 g/mol. The number of anilines is 1. The van der Waals surface area contributed by atoms with Crippen LogP contribution in [0.15, 0.2) is 12.1 Å². The molecule has 1 saturated heterocycles. The maximum absolute atomic E-state index is 13.3. The monoisotopic (exact) mass is 288 g/mol. The molecule has 1 N–H and O–H groups in total. The second-order valence-electron chi connectivity index (χ2n) is 4.44. The summed E-state index contributed by atoms with van der Waals surface area (Å²) >= 11 is 5.67. The molecule has 0 aromatic heterocycles. The van der Waals surface area contributed by atoms with Gasteiger partial charge < -0.3 is 10.3 Å². The second-order valence-corrected chi connectivity index (χ2v) is 4.85. The molecule has 0 radical (unpaired) electrons. The molecule has 0 atom stereocenters. The Labute approximate surface area is 114 Å². The molecule has 6 nitrogen and oxygen atoms in total. The number of halogens is 2. The van der Waals surface area contributed by atoms with Gasteiger partial charge in [0.1, 0.15) is 11.5 Å². The molecular formula is C11H14ClFN4O2. The van der Waals surface area contributed by atoms with Gasteiger partial charge in [-0.3, -0.25) is 10.1 Å². The molecule has 1 aromatic rings. The van der Waals surface area contributed by atoms with Crippen LogP contribution in [0.3, 0.4) is 0 Å². The Kier molecular flexibility index (Phi) is 4.18. The van der Waals surface area contributed by atoms with Crippen LogP contribution < -0.4 is 5.43 Å². The first kappa shape index (κ1) is 14.0. The summed E-state index contributed by atoms with van der Waals surface area (Å²) in [7, 11) is 2.01. The van der Waals surface area contributed by atoms with Crippen LogP contribution >= 0.6 is 11.6 Å². The molecule has 0 saturated carbocycles. The zero-order chi connectivity index (χ0) is 14.0. The Morgan fingerprint density at radius 3 is 2.58 bits per heavy atom. The quantitative estimate of drug-likeness (QED) is 0.680. The smallest absolute Gasteiger partial charge is 0.296 e. The normalized spacial score (nSPS) is 17.4. The summed E-state index contributed by atoms with van der Waals surface area (Å²) in [6, 6.07) is 2.08. The van der Waals surface area contributed by atoms with Crippen molar-refractivity contribution in [3.05, 3.63) is 33.1 Å². The molecule has 19 heavy (non-hydrogen) atoms. The minimum atomic E-state index is -0.794. The van der Waals surface area contributed by atoms with Crippen LogP contribution in [0, 0.1) is 15.9 Å². The molecule has 0 unspecified atom stereocenters. The summed E-state index contributed by atoms with van der Waals surface area (Å²) in [4.78, 5) is 12.4. The molecule has 2 rings (SSSR count). The first-order valence-corrected chi connectivity index (χ1v) is 6.19. The van der Waals surface area contributed by atoms with Crippen molar-refractivity contribution in [3.8, 4) is 0 Å². The van der Waals surface area contributed by atoms with Crippen LogP contribution in [-0.4, -0.2) is 48.1 Å². The highest BCUT2D eigenvalue weighted by atomic mass is 35.5. The SMILES string of the molecule is CN1CCN(Nc2cc(Cl)c(F)cc2[N+](=O)[O-])CC1. The number of benzene rings is 1. The number of rotatable bonds is 3. The van der Waals surface area contributed by atoms with Crippen molar-refractivity contribution >= 4 is 23.0 Å². The molecule has 1 heterocycles. The van der Waals surface area contributed by atoms with Crippen LogP contribution in [0.5, 0.6) is 0 Å². The Morgan fingerprint density at radius 1 is 1.37 bits per heavy atom. The van der Waals surface area contributed by atoms with Crippen LogP contribution in [0.25, 0.3) is 0 Å². The Bertz CT molecular complexity index is 492. The number of likely N-dealkylation sites (N-methyl/N-ethyl adjacent to an activating group) is 1. The van der Waals surface area contributed by atoms with Crippen LogP contribution in [0.1, 0.15) is 0 Å². The predicted molar refractivity (Wildman–Crippen MR) is 70.8 cm³/mol. The third kappa shape index (κ3) is 3.31. The summed E-state index contributed by atoms with van der Waals surface area (Å²) in [5.74, 6) is -0.794. The number of piperazine rings is 1. The van der Waals surface area contributed by atoms with Gasteiger partial charge in [0, 0.05) is 26.2 Å². The van der Waals surface area contributed by atoms with Crippen LogP contribution in [0.2, 0.25) is 5.02 Å². The third-order valence-electron chi connectivity index (χ3n) is 3.02. The van der Waals surface area contributed by atoms with E-state index < -0.39 is 10.7 Å². The predicted octanol–water partition coefficient (Wildman–Crippen LogP) is 1.96. The molecule has 1 aliphatic heterocycles. The van der Waals surface area contributed by atoms with Crippen molar-refractivity contribution in [2.24, 2.45) is 0 Å². The van der Waals surface area contributed by atoms with E-state index in [4.69, 9.17) is 11.6 Å². The summed E-state index contributed by atoms with van der Waals surface area (Å²) < 4.78 is 13.3. The minimum absolute atomic E-state index is 0.137. The van der Waals surface area contributed by atoms with Crippen LogP contribution in [0.4, 0.5) is 15.8 Å². The Balaban J connectivity index is 2.19. The summed E-state index contributed by atoms with van der Waals surface area (Å²) in [6.07, 6.45) is 0. The lowest BCUT2D eigenvalue weighted by Gasteiger charge is -2.32. The van der Waals surface area contributed by atoms with Gasteiger partial charge >= 0.3 is 0 Å². The average molecular weight is 289 g/mol. The average Bonchev–Trinajstić information content (AvgIpc) is 2.36. The maximum Gasteiger partial charge on any atom is 0.296 e. The minimum Gasteiger partial charge on any atom is -0.313 e. The van der Waals surface area contributed by atoms with Gasteiger partial charge in [0.2, 0.25) is 0 Å². The molecule has 1 aromatic carbocycles. The van der Waals surface area contributed by atoms with Gasteiger partial charge in [0.15, 0.2) is 0 Å². The van der Waals surface area contributed by atoms with E-state index in [0.29, 0.717) is 0 Å². The summed E-state index contributed by atoms with van der Waals surface area (Å²) in [5, 5.41) is 12.6. The highest BCUT2D eigenvalue weighted by Crippen LogP contribution is 2.30. The summed E-state index contributed by atoms with van der Waals surface area (Å²) in [5.41, 5.74) is 2.82. The van der Waals surface area contributed by atoms with Gasteiger partial charge in [-0.15, -0.1) is 0 Å². The van der Waals surface area contributed by atoms with Crippen molar-refractivity contribution in [1.29, 1.82) is 0 Å². The van der Waals surface area contributed by atoms with Gasteiger partial charge in [-0.1, -0.05) is 11.6 Å². The highest BCUT2D eigenvalue weighted by Gasteiger charge is 2.21. The number of nitro groups is 1. The lowest BCUT2D eigenvalue weighted by Crippen LogP contribution is -2.47. The van der Waals surface area contributed by atoms with E-state index in [1.54, 1.807) is 0 Å². The Morgan fingerprint density at radius 2 is 2.00 bits per heavy atom. The zero-order valence-electron chi connectivity index (χ0n) is 10.4. The van der Waals surface area contributed by atoms with Gasteiger partial charge in [0.05, 0.1) is 16.0 Å². The molecule has 0 spiro atoms. The standard InChI is InChI=1S/C11H14ClFN4O2/c1-15-2-4-16(5-3-15)14-10-6-8(12)9(13)7-11(10)17(18)19/h6-7,14H,2-5H2,1H3. The number of nitrogens with zero attached hydrogens (tertiary/aromatic N) is 3. The molecule has 0 bridgehead atoms. The first-order chi connectivity index (χ1) is 8.97. The molecule has 104 valence electrons. The maximum atomic E-state index is 13.3. The van der Waals surface area contributed by atoms with E-state index in [2.05, 4.69) is 10.3 Å². The number of hydrogen-bond acceptors (Lipinski definition) is 5. The first-order valence-electron chi connectivity index (χ1n) is 5.81. The molecule has 1 fully saturated rings. The van der Waals surface area contributed by atoms with Crippen molar-refractivity contribution < 1.29 is 9.31 Å². The van der Waals surface area contributed by atoms with E-state index in [1.807, 2.05) is 12.1 Å². The van der Waals surface area contributed by atoms with E-state index in [-0.39, 0.29) is 16.4 Å². The molecule has 1 aliphatic rings. The second kappa shape index (κ2) is 5.68. The lowest BCUT2D eigenvalue weighted by atomic mass is 10.2. The van der Waals surface area contributed by atoms with Crippen molar-refractivity contribution in [2.75, 3.05) is 38.7 Å². The Hall–Kier alpha value is -1.44. The zero-order valence-corrected chi connectivity index (χ0v) is 11.2. The third-order valence-corrected chi connectivity index (χ3v) is 3.31. The lowest BCUT2D eigenvalue weighted by molar-refractivity contribution is -0.384. The van der Waals surface area contributed by atoms with Gasteiger partial charge in [-0.2, -0.15) is 0 Å². The van der Waals surface area contributed by atoms with E-state index in [9.17, 15) is 14.5 Å².